The van der Waals surface area contributed by atoms with Crippen molar-refractivity contribution < 1.29 is 0 Å². The normalized spacial score (nSPS) is 16.5. The SMILES string of the molecule is CCC(N)C(c1ccsc1)N(C)C(C)c1cccs1. The summed E-state index contributed by atoms with van der Waals surface area (Å²) in [6, 6.07) is 7.36. The Morgan fingerprint density at radius 3 is 2.63 bits per heavy atom. The van der Waals surface area contributed by atoms with Crippen molar-refractivity contribution >= 4 is 22.7 Å². The lowest BCUT2D eigenvalue weighted by molar-refractivity contribution is 0.161. The van der Waals surface area contributed by atoms with Crippen LogP contribution < -0.4 is 5.73 Å². The Morgan fingerprint density at radius 1 is 1.32 bits per heavy atom. The van der Waals surface area contributed by atoms with Crippen LogP contribution in [0, 0.1) is 0 Å². The quantitative estimate of drug-likeness (QED) is 0.861. The molecule has 2 nitrogen and oxygen atoms in total. The molecule has 2 heterocycles. The number of thiophene rings is 2. The largest absolute Gasteiger partial charge is 0.326 e. The van der Waals surface area contributed by atoms with Crippen molar-refractivity contribution in [1.82, 2.24) is 4.90 Å². The minimum absolute atomic E-state index is 0.169. The molecule has 2 rings (SSSR count). The number of likely N-dealkylation sites (N-methyl/N-ethyl adjacent to an activating group) is 1. The first-order valence-electron chi connectivity index (χ1n) is 6.68. The van der Waals surface area contributed by atoms with Crippen molar-refractivity contribution in [3.8, 4) is 0 Å². The van der Waals surface area contributed by atoms with Gasteiger partial charge in [-0.25, -0.2) is 0 Å². The van der Waals surface area contributed by atoms with Gasteiger partial charge in [0.25, 0.3) is 0 Å². The summed E-state index contributed by atoms with van der Waals surface area (Å²) in [5, 5.41) is 6.49. The molecule has 0 saturated heterocycles. The van der Waals surface area contributed by atoms with Crippen LogP contribution in [0.1, 0.15) is 42.8 Å². The lowest BCUT2D eigenvalue weighted by Gasteiger charge is -2.36. The van der Waals surface area contributed by atoms with Gasteiger partial charge in [0.05, 0.1) is 6.04 Å². The van der Waals surface area contributed by atoms with Crippen LogP contribution in [0.5, 0.6) is 0 Å². The van der Waals surface area contributed by atoms with E-state index < -0.39 is 0 Å². The Bertz CT molecular complexity index is 464. The summed E-state index contributed by atoms with van der Waals surface area (Å²) in [4.78, 5) is 3.80. The van der Waals surface area contributed by atoms with E-state index in [0.717, 1.165) is 6.42 Å². The van der Waals surface area contributed by atoms with Gasteiger partial charge in [0.2, 0.25) is 0 Å². The highest BCUT2D eigenvalue weighted by atomic mass is 32.1. The van der Waals surface area contributed by atoms with E-state index in [4.69, 9.17) is 5.73 Å². The molecular formula is C15H22N2S2. The first-order valence-corrected chi connectivity index (χ1v) is 8.50. The summed E-state index contributed by atoms with van der Waals surface area (Å²) < 4.78 is 0. The first-order chi connectivity index (χ1) is 9.15. The van der Waals surface area contributed by atoms with Gasteiger partial charge in [0.1, 0.15) is 0 Å². The predicted molar refractivity (Wildman–Crippen MR) is 85.8 cm³/mol. The Balaban J connectivity index is 2.23. The van der Waals surface area contributed by atoms with Gasteiger partial charge in [-0.05, 0) is 54.2 Å². The van der Waals surface area contributed by atoms with Crippen LogP contribution >= 0.6 is 22.7 Å². The molecular weight excluding hydrogens is 272 g/mol. The van der Waals surface area contributed by atoms with Crippen molar-refractivity contribution in [3.63, 3.8) is 0 Å². The molecule has 0 fully saturated rings. The van der Waals surface area contributed by atoms with Crippen LogP contribution in [-0.2, 0) is 0 Å². The standard InChI is InChI=1S/C15H22N2S2/c1-4-13(16)15(12-7-9-18-10-12)17(3)11(2)14-6-5-8-19-14/h5-11,13,15H,4,16H2,1-3H3. The molecule has 2 aromatic rings. The fourth-order valence-corrected chi connectivity index (χ4v) is 3.95. The van der Waals surface area contributed by atoms with Crippen LogP contribution in [0.25, 0.3) is 0 Å². The molecule has 0 aliphatic rings. The van der Waals surface area contributed by atoms with Crippen molar-refractivity contribution in [2.24, 2.45) is 5.73 Å². The third kappa shape index (κ3) is 3.26. The van der Waals surface area contributed by atoms with Crippen molar-refractivity contribution in [2.75, 3.05) is 7.05 Å². The summed E-state index contributed by atoms with van der Waals surface area (Å²) in [7, 11) is 2.18. The van der Waals surface area contributed by atoms with Gasteiger partial charge in [-0.2, -0.15) is 11.3 Å². The molecule has 3 atom stereocenters. The summed E-state index contributed by atoms with van der Waals surface area (Å²) in [5.41, 5.74) is 7.71. The molecule has 0 spiro atoms. The van der Waals surface area contributed by atoms with Crippen LogP contribution in [0.3, 0.4) is 0 Å². The fourth-order valence-electron chi connectivity index (χ4n) is 2.42. The van der Waals surface area contributed by atoms with E-state index >= 15 is 0 Å². The van der Waals surface area contributed by atoms with Crippen LogP contribution in [0.2, 0.25) is 0 Å². The van der Waals surface area contributed by atoms with Gasteiger partial charge in [-0.3, -0.25) is 4.90 Å². The fraction of sp³-hybridized carbons (Fsp3) is 0.467. The monoisotopic (exact) mass is 294 g/mol. The van der Waals surface area contributed by atoms with Crippen LogP contribution in [0.4, 0.5) is 0 Å². The molecule has 0 saturated carbocycles. The molecule has 19 heavy (non-hydrogen) atoms. The van der Waals surface area contributed by atoms with Crippen LogP contribution in [0.15, 0.2) is 34.3 Å². The summed E-state index contributed by atoms with van der Waals surface area (Å²) in [5.74, 6) is 0. The zero-order valence-corrected chi connectivity index (χ0v) is 13.4. The summed E-state index contributed by atoms with van der Waals surface area (Å²) in [6.45, 7) is 4.42. The first kappa shape index (κ1) is 14.7. The number of nitrogens with two attached hydrogens (primary N) is 1. The zero-order valence-electron chi connectivity index (χ0n) is 11.7. The average molecular weight is 294 g/mol. The molecule has 3 unspecified atom stereocenters. The lowest BCUT2D eigenvalue weighted by Crippen LogP contribution is -2.39. The second-order valence-corrected chi connectivity index (χ2v) is 6.69. The second kappa shape index (κ2) is 6.66. The third-order valence-corrected chi connectivity index (χ3v) is 5.51. The predicted octanol–water partition coefficient (Wildman–Crippen LogP) is 4.28. The molecule has 0 aromatic carbocycles. The lowest BCUT2D eigenvalue weighted by atomic mass is 9.97. The van der Waals surface area contributed by atoms with Crippen molar-refractivity contribution in [3.05, 3.63) is 44.8 Å². The maximum Gasteiger partial charge on any atom is 0.0510 e. The Labute approximate surface area is 123 Å². The Morgan fingerprint density at radius 2 is 2.11 bits per heavy atom. The summed E-state index contributed by atoms with van der Waals surface area (Å²) >= 11 is 3.56. The minimum atomic E-state index is 0.169. The van der Waals surface area contributed by atoms with E-state index in [0.29, 0.717) is 6.04 Å². The molecule has 0 bridgehead atoms. The Kier molecular flexibility index (Phi) is 5.16. The minimum Gasteiger partial charge on any atom is -0.326 e. The summed E-state index contributed by atoms with van der Waals surface area (Å²) in [6.07, 6.45) is 0.988. The molecule has 2 aromatic heterocycles. The van der Waals surface area contributed by atoms with Crippen LogP contribution in [-0.4, -0.2) is 18.0 Å². The molecule has 4 heteroatoms. The molecule has 0 radical (unpaired) electrons. The van der Waals surface area contributed by atoms with Crippen molar-refractivity contribution in [2.45, 2.75) is 38.4 Å². The smallest absolute Gasteiger partial charge is 0.0510 e. The highest BCUT2D eigenvalue weighted by Gasteiger charge is 2.27. The molecule has 0 aliphatic carbocycles. The zero-order chi connectivity index (χ0) is 13.8. The maximum atomic E-state index is 6.37. The van der Waals surface area contributed by atoms with Gasteiger partial charge in [-0.1, -0.05) is 13.0 Å². The van der Waals surface area contributed by atoms with E-state index in [1.54, 1.807) is 11.3 Å². The number of hydrogen-bond donors (Lipinski definition) is 1. The van der Waals surface area contributed by atoms with E-state index in [9.17, 15) is 0 Å². The van der Waals surface area contributed by atoms with E-state index in [1.807, 2.05) is 11.3 Å². The molecule has 0 aliphatic heterocycles. The van der Waals surface area contributed by atoms with E-state index in [-0.39, 0.29) is 12.1 Å². The molecule has 2 N–H and O–H groups in total. The molecule has 0 amide bonds. The Hall–Kier alpha value is -0.680. The maximum absolute atomic E-state index is 6.37. The molecule has 104 valence electrons. The highest BCUT2D eigenvalue weighted by molar-refractivity contribution is 7.10. The van der Waals surface area contributed by atoms with Gasteiger partial charge in [-0.15, -0.1) is 11.3 Å². The number of hydrogen-bond acceptors (Lipinski definition) is 4. The number of nitrogens with zero attached hydrogens (tertiary/aromatic N) is 1. The van der Waals surface area contributed by atoms with Gasteiger partial charge < -0.3 is 5.73 Å². The number of rotatable bonds is 6. The third-order valence-electron chi connectivity index (χ3n) is 3.77. The topological polar surface area (TPSA) is 29.3 Å². The van der Waals surface area contributed by atoms with E-state index in [1.165, 1.54) is 10.4 Å². The van der Waals surface area contributed by atoms with Gasteiger partial charge >= 0.3 is 0 Å². The van der Waals surface area contributed by atoms with Crippen molar-refractivity contribution in [1.29, 1.82) is 0 Å². The van der Waals surface area contributed by atoms with Gasteiger partial charge in [0.15, 0.2) is 0 Å². The highest BCUT2D eigenvalue weighted by Crippen LogP contribution is 2.34. The van der Waals surface area contributed by atoms with E-state index in [2.05, 4.69) is 60.1 Å². The van der Waals surface area contributed by atoms with Gasteiger partial charge in [0, 0.05) is 17.0 Å². The second-order valence-electron chi connectivity index (χ2n) is 4.93. The average Bonchev–Trinajstić information content (AvgIpc) is 3.10.